The van der Waals surface area contributed by atoms with Crippen molar-refractivity contribution in [2.75, 3.05) is 36.8 Å². The van der Waals surface area contributed by atoms with Crippen molar-refractivity contribution in [3.63, 3.8) is 0 Å². The second-order valence-corrected chi connectivity index (χ2v) is 9.02. The first kappa shape index (κ1) is 20.4. The van der Waals surface area contributed by atoms with Gasteiger partial charge in [-0.2, -0.15) is 0 Å². The predicted molar refractivity (Wildman–Crippen MR) is 123 cm³/mol. The highest BCUT2D eigenvalue weighted by molar-refractivity contribution is 6.13. The van der Waals surface area contributed by atoms with Crippen LogP contribution in [0.1, 0.15) is 49.9 Å². The molecule has 6 nitrogen and oxygen atoms in total. The number of nitrogens with one attached hydrogen (secondary N) is 1. The van der Waals surface area contributed by atoms with Crippen LogP contribution >= 0.6 is 0 Å². The van der Waals surface area contributed by atoms with E-state index in [9.17, 15) is 0 Å². The number of nitrogens with two attached hydrogens (primary N) is 1. The maximum Gasteiger partial charge on any atom is 0.133 e. The molecule has 0 bridgehead atoms. The SMILES string of the molecule is C=C1CN(c2cc(C(=N)c3cc(CC4(C)CC4)ccc3N)ncn2)CCN1CCC. The molecule has 1 saturated carbocycles. The summed E-state index contributed by atoms with van der Waals surface area (Å²) in [5, 5.41) is 8.78. The summed E-state index contributed by atoms with van der Waals surface area (Å²) in [6, 6.07) is 7.97. The summed E-state index contributed by atoms with van der Waals surface area (Å²) in [4.78, 5) is 13.4. The zero-order chi connectivity index (χ0) is 21.3. The fourth-order valence-electron chi connectivity index (χ4n) is 4.14. The lowest BCUT2D eigenvalue weighted by Gasteiger charge is -2.38. The Bertz CT molecular complexity index is 962. The number of anilines is 2. The van der Waals surface area contributed by atoms with Gasteiger partial charge in [-0.15, -0.1) is 0 Å². The Morgan fingerprint density at radius 3 is 2.73 bits per heavy atom. The Morgan fingerprint density at radius 1 is 1.23 bits per heavy atom. The molecule has 2 heterocycles. The quantitative estimate of drug-likeness (QED) is 0.541. The average molecular weight is 405 g/mol. The van der Waals surface area contributed by atoms with Crippen LogP contribution in [0.4, 0.5) is 11.5 Å². The molecule has 158 valence electrons. The fourth-order valence-corrected chi connectivity index (χ4v) is 4.14. The summed E-state index contributed by atoms with van der Waals surface area (Å²) in [6.45, 7) is 12.4. The molecule has 2 aromatic rings. The van der Waals surface area contributed by atoms with Gasteiger partial charge in [0.25, 0.3) is 0 Å². The van der Waals surface area contributed by atoms with Crippen LogP contribution in [0.5, 0.6) is 0 Å². The monoisotopic (exact) mass is 404 g/mol. The van der Waals surface area contributed by atoms with E-state index in [1.165, 1.54) is 18.4 Å². The van der Waals surface area contributed by atoms with Crippen molar-refractivity contribution in [1.29, 1.82) is 5.41 Å². The van der Waals surface area contributed by atoms with E-state index in [2.05, 4.69) is 52.3 Å². The van der Waals surface area contributed by atoms with Crippen LogP contribution in [0.2, 0.25) is 0 Å². The zero-order valence-corrected chi connectivity index (χ0v) is 18.1. The van der Waals surface area contributed by atoms with Gasteiger partial charge >= 0.3 is 0 Å². The van der Waals surface area contributed by atoms with Gasteiger partial charge in [0, 0.05) is 42.6 Å². The molecule has 2 aliphatic rings. The van der Waals surface area contributed by atoms with Gasteiger partial charge in [-0.25, -0.2) is 9.97 Å². The standard InChI is InChI=1S/C24H32N6/c1-4-9-29-10-11-30(15-17(29)2)22-13-21(27-16-28-22)23(26)19-12-18(5-6-20(19)25)14-24(3)7-8-24/h5-6,12-13,16,26H,2,4,7-11,14-15,25H2,1,3H3. The van der Waals surface area contributed by atoms with Crippen molar-refractivity contribution in [3.05, 3.63) is 59.7 Å². The minimum Gasteiger partial charge on any atom is -0.398 e. The molecule has 1 aromatic carbocycles. The maximum atomic E-state index is 8.78. The summed E-state index contributed by atoms with van der Waals surface area (Å²) in [6.07, 6.45) is 6.25. The van der Waals surface area contributed by atoms with Gasteiger partial charge in [0.2, 0.25) is 0 Å². The van der Waals surface area contributed by atoms with Gasteiger partial charge in [-0.3, -0.25) is 5.41 Å². The fraction of sp³-hybridized carbons (Fsp3) is 0.458. The molecule has 0 amide bonds. The number of hydrogen-bond acceptors (Lipinski definition) is 6. The minimum absolute atomic E-state index is 0.349. The molecule has 0 radical (unpaired) electrons. The first-order valence-electron chi connectivity index (χ1n) is 10.9. The van der Waals surface area contributed by atoms with Gasteiger partial charge in [0.1, 0.15) is 12.1 Å². The summed E-state index contributed by atoms with van der Waals surface area (Å²) >= 11 is 0. The molecular formula is C24H32N6. The first-order chi connectivity index (χ1) is 14.4. The molecule has 1 aliphatic heterocycles. The number of nitrogens with zero attached hydrogens (tertiary/aromatic N) is 4. The van der Waals surface area contributed by atoms with E-state index in [0.29, 0.717) is 22.5 Å². The van der Waals surface area contributed by atoms with Crippen molar-refractivity contribution < 1.29 is 0 Å². The molecule has 1 saturated heterocycles. The van der Waals surface area contributed by atoms with E-state index in [1.54, 1.807) is 6.33 Å². The number of rotatable bonds is 7. The normalized spacial score (nSPS) is 17.9. The molecule has 3 N–H and O–H groups in total. The Kier molecular flexibility index (Phi) is 5.50. The number of hydrogen-bond donors (Lipinski definition) is 2. The first-order valence-corrected chi connectivity index (χ1v) is 10.9. The van der Waals surface area contributed by atoms with Crippen molar-refractivity contribution in [2.24, 2.45) is 5.41 Å². The van der Waals surface area contributed by atoms with Crippen LogP contribution in [-0.2, 0) is 6.42 Å². The molecule has 6 heteroatoms. The highest BCUT2D eigenvalue weighted by atomic mass is 15.3. The van der Waals surface area contributed by atoms with Crippen LogP contribution in [-0.4, -0.2) is 46.8 Å². The number of benzene rings is 1. The third kappa shape index (κ3) is 4.32. The highest BCUT2D eigenvalue weighted by Crippen LogP contribution is 2.47. The Hall–Kier alpha value is -2.89. The second-order valence-electron chi connectivity index (χ2n) is 9.02. The lowest BCUT2D eigenvalue weighted by Crippen LogP contribution is -2.45. The van der Waals surface area contributed by atoms with Crippen LogP contribution < -0.4 is 10.6 Å². The lowest BCUT2D eigenvalue weighted by atomic mass is 9.95. The third-order valence-corrected chi connectivity index (χ3v) is 6.31. The van der Waals surface area contributed by atoms with Crippen LogP contribution in [0.25, 0.3) is 0 Å². The molecule has 0 unspecified atom stereocenters. The smallest absolute Gasteiger partial charge is 0.133 e. The summed E-state index contributed by atoms with van der Waals surface area (Å²) in [5.41, 5.74) is 11.3. The average Bonchev–Trinajstić information content (AvgIpc) is 3.47. The molecule has 30 heavy (non-hydrogen) atoms. The molecule has 0 spiro atoms. The van der Waals surface area contributed by atoms with Gasteiger partial charge in [0.15, 0.2) is 0 Å². The van der Waals surface area contributed by atoms with Gasteiger partial charge in [-0.05, 0) is 48.8 Å². The van der Waals surface area contributed by atoms with E-state index in [0.717, 1.165) is 56.1 Å². The number of aromatic nitrogens is 2. The van der Waals surface area contributed by atoms with Crippen LogP contribution in [0.3, 0.4) is 0 Å². The lowest BCUT2D eigenvalue weighted by molar-refractivity contribution is 0.320. The molecule has 1 aliphatic carbocycles. The zero-order valence-electron chi connectivity index (χ0n) is 18.1. The van der Waals surface area contributed by atoms with E-state index in [-0.39, 0.29) is 0 Å². The van der Waals surface area contributed by atoms with Gasteiger partial charge in [-0.1, -0.05) is 26.5 Å². The predicted octanol–water partition coefficient (Wildman–Crippen LogP) is 3.86. The van der Waals surface area contributed by atoms with E-state index < -0.39 is 0 Å². The third-order valence-electron chi connectivity index (χ3n) is 6.31. The molecule has 2 fully saturated rings. The van der Waals surface area contributed by atoms with E-state index in [1.807, 2.05) is 12.1 Å². The van der Waals surface area contributed by atoms with Crippen molar-refractivity contribution in [2.45, 2.75) is 39.5 Å². The summed E-state index contributed by atoms with van der Waals surface area (Å²) in [5.74, 6) is 0.835. The largest absolute Gasteiger partial charge is 0.398 e. The molecule has 4 rings (SSSR count). The van der Waals surface area contributed by atoms with Crippen molar-refractivity contribution >= 4 is 17.2 Å². The van der Waals surface area contributed by atoms with Gasteiger partial charge in [0.05, 0.1) is 18.0 Å². The van der Waals surface area contributed by atoms with Crippen LogP contribution in [0, 0.1) is 10.8 Å². The second kappa shape index (κ2) is 8.09. The van der Waals surface area contributed by atoms with Crippen LogP contribution in [0.15, 0.2) is 42.9 Å². The molecule has 0 atom stereocenters. The van der Waals surface area contributed by atoms with E-state index >= 15 is 0 Å². The molecular weight excluding hydrogens is 372 g/mol. The van der Waals surface area contributed by atoms with Crippen molar-refractivity contribution in [1.82, 2.24) is 14.9 Å². The number of nitrogen functional groups attached to an aromatic ring is 1. The molecule has 1 aromatic heterocycles. The Balaban J connectivity index is 1.53. The minimum atomic E-state index is 0.349. The van der Waals surface area contributed by atoms with Gasteiger partial charge < -0.3 is 15.5 Å². The Labute approximate surface area is 179 Å². The van der Waals surface area contributed by atoms with E-state index in [4.69, 9.17) is 11.1 Å². The van der Waals surface area contributed by atoms with Crippen molar-refractivity contribution in [3.8, 4) is 0 Å². The maximum absolute atomic E-state index is 8.78. The topological polar surface area (TPSA) is 82.1 Å². The summed E-state index contributed by atoms with van der Waals surface area (Å²) < 4.78 is 0. The Morgan fingerprint density at radius 2 is 2.03 bits per heavy atom. The summed E-state index contributed by atoms with van der Waals surface area (Å²) in [7, 11) is 0. The highest BCUT2D eigenvalue weighted by Gasteiger charge is 2.37. The number of piperazine rings is 1.